The minimum atomic E-state index is -0.857. The van der Waals surface area contributed by atoms with Gasteiger partial charge in [-0.25, -0.2) is 0 Å². The van der Waals surface area contributed by atoms with Gasteiger partial charge in [0.1, 0.15) is 0 Å². The molecule has 1 amide bonds. The lowest BCUT2D eigenvalue weighted by molar-refractivity contribution is -0.113. The van der Waals surface area contributed by atoms with Crippen LogP contribution in [0.1, 0.15) is 5.56 Å². The Hall–Kier alpha value is -3.09. The second-order valence-electron chi connectivity index (χ2n) is 5.44. The van der Waals surface area contributed by atoms with Crippen LogP contribution in [0.15, 0.2) is 40.5 Å². The van der Waals surface area contributed by atoms with Gasteiger partial charge in [0, 0.05) is 11.1 Å². The Morgan fingerprint density at radius 1 is 1.22 bits per heavy atom. The standard InChI is InChI=1S/C18H20N4O4S/c1-8-13(9-5-11(24-2)15(26-4)12(6-9)25-3)10(7-19)18(22)27-16(14(8)20)17(21)23/h5-6,18H,1,20,22H2,2-4H3,(H2,21,23). The van der Waals surface area contributed by atoms with E-state index in [1.54, 1.807) is 12.1 Å². The van der Waals surface area contributed by atoms with Crippen LogP contribution < -0.4 is 31.4 Å². The summed E-state index contributed by atoms with van der Waals surface area (Å²) in [5.41, 5.74) is 19.0. The van der Waals surface area contributed by atoms with E-state index in [0.29, 0.717) is 28.4 Å². The van der Waals surface area contributed by atoms with Gasteiger partial charge in [-0.3, -0.25) is 4.79 Å². The highest BCUT2D eigenvalue weighted by Crippen LogP contribution is 2.45. The second-order valence-corrected chi connectivity index (χ2v) is 6.59. The van der Waals surface area contributed by atoms with Gasteiger partial charge in [0.05, 0.1) is 48.9 Å². The van der Waals surface area contributed by atoms with E-state index in [4.69, 9.17) is 31.4 Å². The molecular formula is C18H20N4O4S. The largest absolute Gasteiger partial charge is 0.493 e. The molecule has 0 radical (unpaired) electrons. The number of methoxy groups -OCH3 is 3. The number of thioether (sulfide) groups is 1. The fourth-order valence-corrected chi connectivity index (χ4v) is 3.60. The summed E-state index contributed by atoms with van der Waals surface area (Å²) in [5.74, 6) is 0.416. The summed E-state index contributed by atoms with van der Waals surface area (Å²) in [6.45, 7) is 3.95. The predicted octanol–water partition coefficient (Wildman–Crippen LogP) is 1.23. The maximum atomic E-state index is 11.7. The van der Waals surface area contributed by atoms with Gasteiger partial charge in [0.2, 0.25) is 5.75 Å². The number of primary amides is 1. The first-order valence-corrected chi connectivity index (χ1v) is 8.54. The Morgan fingerprint density at radius 2 is 1.78 bits per heavy atom. The van der Waals surface area contributed by atoms with Crippen molar-refractivity contribution in [2.75, 3.05) is 21.3 Å². The number of hydrogen-bond donors (Lipinski definition) is 3. The van der Waals surface area contributed by atoms with E-state index in [0.717, 1.165) is 11.8 Å². The molecule has 1 aromatic rings. The van der Waals surface area contributed by atoms with Gasteiger partial charge in [-0.15, -0.1) is 0 Å². The lowest BCUT2D eigenvalue weighted by Gasteiger charge is -2.18. The number of rotatable bonds is 5. The van der Waals surface area contributed by atoms with E-state index >= 15 is 0 Å². The number of nitrogens with two attached hydrogens (primary N) is 3. The molecule has 0 fully saturated rings. The first-order chi connectivity index (χ1) is 12.8. The van der Waals surface area contributed by atoms with Gasteiger partial charge in [0.15, 0.2) is 11.5 Å². The minimum absolute atomic E-state index is 0.0580. The molecule has 0 aromatic heterocycles. The first kappa shape index (κ1) is 20.2. The number of carbonyl (C=O) groups is 1. The van der Waals surface area contributed by atoms with Crippen molar-refractivity contribution >= 4 is 23.2 Å². The molecule has 1 atom stereocenters. The van der Waals surface area contributed by atoms with E-state index in [1.165, 1.54) is 21.3 Å². The van der Waals surface area contributed by atoms with Crippen molar-refractivity contribution in [2.24, 2.45) is 17.2 Å². The molecule has 0 saturated carbocycles. The van der Waals surface area contributed by atoms with Crippen LogP contribution in [0.3, 0.4) is 0 Å². The lowest BCUT2D eigenvalue weighted by atomic mass is 9.91. The van der Waals surface area contributed by atoms with Gasteiger partial charge >= 0.3 is 0 Å². The van der Waals surface area contributed by atoms with E-state index < -0.39 is 11.3 Å². The van der Waals surface area contributed by atoms with Gasteiger partial charge in [0.25, 0.3) is 5.91 Å². The SMILES string of the molecule is C=C1C(N)=C(C(N)=O)SC(N)C(C#N)=C1c1cc(OC)c(OC)c(OC)c1. The Balaban J connectivity index is 2.83. The topological polar surface area (TPSA) is 147 Å². The first-order valence-electron chi connectivity index (χ1n) is 7.66. The zero-order valence-corrected chi connectivity index (χ0v) is 16.0. The highest BCUT2D eigenvalue weighted by Gasteiger charge is 2.30. The van der Waals surface area contributed by atoms with E-state index in [-0.39, 0.29) is 21.7 Å². The van der Waals surface area contributed by atoms with Crippen molar-refractivity contribution in [1.82, 2.24) is 0 Å². The summed E-state index contributed by atoms with van der Waals surface area (Å²) in [6, 6.07) is 5.39. The number of amides is 1. The fourth-order valence-electron chi connectivity index (χ4n) is 2.69. The van der Waals surface area contributed by atoms with Crippen LogP contribution in [0.25, 0.3) is 5.57 Å². The summed E-state index contributed by atoms with van der Waals surface area (Å²) < 4.78 is 16.0. The Kier molecular flexibility index (Phi) is 6.05. The lowest BCUT2D eigenvalue weighted by Crippen LogP contribution is -2.22. The third-order valence-corrected chi connectivity index (χ3v) is 5.11. The third kappa shape index (κ3) is 3.58. The van der Waals surface area contributed by atoms with Crippen LogP contribution in [-0.4, -0.2) is 32.6 Å². The Bertz CT molecular complexity index is 889. The van der Waals surface area contributed by atoms with Crippen LogP contribution >= 0.6 is 11.8 Å². The molecule has 2 rings (SSSR count). The zero-order valence-electron chi connectivity index (χ0n) is 15.2. The highest BCUT2D eigenvalue weighted by molar-refractivity contribution is 8.04. The van der Waals surface area contributed by atoms with E-state index in [9.17, 15) is 10.1 Å². The van der Waals surface area contributed by atoms with Crippen LogP contribution in [-0.2, 0) is 4.79 Å². The number of nitrogens with zero attached hydrogens (tertiary/aromatic N) is 1. The van der Waals surface area contributed by atoms with Gasteiger partial charge in [-0.05, 0) is 17.7 Å². The summed E-state index contributed by atoms with van der Waals surface area (Å²) in [4.78, 5) is 11.8. The minimum Gasteiger partial charge on any atom is -0.493 e. The summed E-state index contributed by atoms with van der Waals surface area (Å²) >= 11 is 0.915. The molecule has 0 aliphatic carbocycles. The molecule has 27 heavy (non-hydrogen) atoms. The third-order valence-electron chi connectivity index (χ3n) is 3.97. The molecule has 6 N–H and O–H groups in total. The van der Waals surface area contributed by atoms with E-state index in [1.807, 2.05) is 0 Å². The van der Waals surface area contributed by atoms with Gasteiger partial charge in [-0.1, -0.05) is 18.3 Å². The number of ether oxygens (including phenoxy) is 3. The van der Waals surface area contributed by atoms with Crippen molar-refractivity contribution in [3.05, 3.63) is 46.0 Å². The number of benzene rings is 1. The fraction of sp³-hybridized carbons (Fsp3) is 0.222. The molecule has 0 saturated heterocycles. The van der Waals surface area contributed by atoms with Crippen LogP contribution in [0.2, 0.25) is 0 Å². The molecular weight excluding hydrogens is 368 g/mol. The van der Waals surface area contributed by atoms with Crippen molar-refractivity contribution in [3.8, 4) is 23.3 Å². The zero-order chi connectivity index (χ0) is 20.3. The Labute approximate surface area is 161 Å². The number of hydrogen-bond acceptors (Lipinski definition) is 8. The molecule has 1 aliphatic rings. The van der Waals surface area contributed by atoms with Crippen molar-refractivity contribution in [1.29, 1.82) is 5.26 Å². The molecule has 1 unspecified atom stereocenters. The molecule has 1 heterocycles. The van der Waals surface area contributed by atoms with Gasteiger partial charge < -0.3 is 31.4 Å². The van der Waals surface area contributed by atoms with Crippen LogP contribution in [0.5, 0.6) is 17.2 Å². The molecule has 0 spiro atoms. The monoisotopic (exact) mass is 388 g/mol. The molecule has 1 aromatic carbocycles. The van der Waals surface area contributed by atoms with Crippen LogP contribution in [0, 0.1) is 11.3 Å². The normalized spacial score (nSPS) is 17.3. The second kappa shape index (κ2) is 8.07. The smallest absolute Gasteiger partial charge is 0.257 e. The summed E-state index contributed by atoms with van der Waals surface area (Å²) in [5, 5.41) is 8.84. The van der Waals surface area contributed by atoms with Crippen LogP contribution in [0.4, 0.5) is 0 Å². The van der Waals surface area contributed by atoms with Crippen molar-refractivity contribution < 1.29 is 19.0 Å². The predicted molar refractivity (Wildman–Crippen MR) is 104 cm³/mol. The van der Waals surface area contributed by atoms with Crippen molar-refractivity contribution in [2.45, 2.75) is 5.37 Å². The van der Waals surface area contributed by atoms with Crippen molar-refractivity contribution in [3.63, 3.8) is 0 Å². The molecule has 1 aliphatic heterocycles. The highest BCUT2D eigenvalue weighted by atomic mass is 32.2. The average molecular weight is 388 g/mol. The maximum absolute atomic E-state index is 11.7. The molecule has 8 nitrogen and oxygen atoms in total. The number of allylic oxidation sites excluding steroid dienone is 1. The molecule has 0 bridgehead atoms. The molecule has 9 heteroatoms. The summed E-state index contributed by atoms with van der Waals surface area (Å²) in [7, 11) is 4.43. The number of carbonyl (C=O) groups excluding carboxylic acids is 1. The summed E-state index contributed by atoms with van der Waals surface area (Å²) in [6.07, 6.45) is 0. The van der Waals surface area contributed by atoms with E-state index in [2.05, 4.69) is 12.6 Å². The molecule has 142 valence electrons. The Morgan fingerprint density at radius 3 is 2.19 bits per heavy atom. The average Bonchev–Trinajstić information content (AvgIpc) is 2.75. The quantitative estimate of drug-likeness (QED) is 0.682. The van der Waals surface area contributed by atoms with Gasteiger partial charge in [-0.2, -0.15) is 5.26 Å². The maximum Gasteiger partial charge on any atom is 0.257 e. The number of nitriles is 1.